The molecule has 0 aromatic rings. The molecule has 0 aliphatic rings. The van der Waals surface area contributed by atoms with Gasteiger partial charge in [-0.25, -0.2) is 4.79 Å². The van der Waals surface area contributed by atoms with Gasteiger partial charge in [-0.1, -0.05) is 0 Å². The predicted molar refractivity (Wildman–Crippen MR) is 75.1 cm³/mol. The van der Waals surface area contributed by atoms with Gasteiger partial charge >= 0.3 is 12.0 Å². The fraction of sp³-hybridized carbons (Fsp3) is 0.833. The van der Waals surface area contributed by atoms with Crippen molar-refractivity contribution >= 4 is 23.8 Å². The van der Waals surface area contributed by atoms with Crippen molar-refractivity contribution in [3.63, 3.8) is 0 Å². The minimum atomic E-state index is -0.881. The third kappa shape index (κ3) is 7.42. The van der Waals surface area contributed by atoms with Crippen LogP contribution >= 0.6 is 11.8 Å². The van der Waals surface area contributed by atoms with Crippen LogP contribution in [0.4, 0.5) is 4.79 Å². The highest BCUT2D eigenvalue weighted by molar-refractivity contribution is 7.98. The van der Waals surface area contributed by atoms with Crippen LogP contribution in [0.25, 0.3) is 0 Å². The van der Waals surface area contributed by atoms with Crippen LogP contribution in [0.5, 0.6) is 0 Å². The summed E-state index contributed by atoms with van der Waals surface area (Å²) in [6.45, 7) is 4.78. The van der Waals surface area contributed by atoms with Crippen molar-refractivity contribution in [2.24, 2.45) is 0 Å². The lowest BCUT2D eigenvalue weighted by Gasteiger charge is -2.27. The topological polar surface area (TPSA) is 69.6 Å². The number of urea groups is 1. The first-order valence-electron chi connectivity index (χ1n) is 6.28. The number of rotatable bonds is 9. The van der Waals surface area contributed by atoms with Gasteiger partial charge in [0.2, 0.25) is 0 Å². The van der Waals surface area contributed by atoms with E-state index in [1.54, 1.807) is 23.6 Å². The number of carboxylic acids is 1. The summed E-state index contributed by atoms with van der Waals surface area (Å²) in [4.78, 5) is 24.0. The highest BCUT2D eigenvalue weighted by Gasteiger charge is 2.19. The average molecular weight is 276 g/mol. The fourth-order valence-corrected chi connectivity index (χ4v) is 2.18. The Morgan fingerprint density at radius 3 is 2.56 bits per heavy atom. The molecule has 0 radical (unpaired) electrons. The van der Waals surface area contributed by atoms with E-state index in [-0.39, 0.29) is 18.5 Å². The van der Waals surface area contributed by atoms with Crippen molar-refractivity contribution in [1.29, 1.82) is 0 Å². The molecule has 2 N–H and O–H groups in total. The molecule has 0 rings (SSSR count). The van der Waals surface area contributed by atoms with E-state index in [4.69, 9.17) is 5.11 Å². The third-order valence-corrected chi connectivity index (χ3v) is 3.35. The Hall–Kier alpha value is -0.910. The predicted octanol–water partition coefficient (Wildman–Crippen LogP) is 2.02. The quantitative estimate of drug-likeness (QED) is 0.632. The molecule has 0 spiro atoms. The molecule has 0 saturated carbocycles. The van der Waals surface area contributed by atoms with Gasteiger partial charge in [-0.3, -0.25) is 4.79 Å². The summed E-state index contributed by atoms with van der Waals surface area (Å²) in [5, 5.41) is 11.6. The van der Waals surface area contributed by atoms with Gasteiger partial charge in [-0.2, -0.15) is 11.8 Å². The standard InChI is InChI=1S/C12H24N2O3S/c1-4-14(10(2)9-11(15)16)12(17)13-7-5-6-8-18-3/h10H,4-9H2,1-3H3,(H,13,17)(H,15,16). The molecular weight excluding hydrogens is 252 g/mol. The van der Waals surface area contributed by atoms with E-state index in [1.165, 1.54) is 0 Å². The summed E-state index contributed by atoms with van der Waals surface area (Å²) >= 11 is 1.79. The van der Waals surface area contributed by atoms with Crippen LogP contribution in [-0.4, -0.2) is 53.1 Å². The van der Waals surface area contributed by atoms with Crippen LogP contribution in [0, 0.1) is 0 Å². The van der Waals surface area contributed by atoms with E-state index in [0.29, 0.717) is 13.1 Å². The van der Waals surface area contributed by atoms with E-state index in [1.807, 2.05) is 6.92 Å². The lowest BCUT2D eigenvalue weighted by molar-refractivity contribution is -0.138. The second-order valence-corrected chi connectivity index (χ2v) is 5.15. The van der Waals surface area contributed by atoms with E-state index in [2.05, 4.69) is 11.6 Å². The second-order valence-electron chi connectivity index (χ2n) is 4.16. The fourth-order valence-electron chi connectivity index (χ4n) is 1.69. The largest absolute Gasteiger partial charge is 0.481 e. The summed E-state index contributed by atoms with van der Waals surface area (Å²) in [6.07, 6.45) is 4.08. The van der Waals surface area contributed by atoms with E-state index >= 15 is 0 Å². The molecular formula is C12H24N2O3S. The zero-order valence-corrected chi connectivity index (χ0v) is 12.3. The Balaban J connectivity index is 3.98. The highest BCUT2D eigenvalue weighted by atomic mass is 32.2. The number of thioether (sulfide) groups is 1. The van der Waals surface area contributed by atoms with Crippen molar-refractivity contribution in [1.82, 2.24) is 10.2 Å². The minimum absolute atomic E-state index is 0.0201. The van der Waals surface area contributed by atoms with Gasteiger partial charge in [0.15, 0.2) is 0 Å². The van der Waals surface area contributed by atoms with Gasteiger partial charge in [-0.05, 0) is 38.7 Å². The summed E-state index contributed by atoms with van der Waals surface area (Å²) < 4.78 is 0. The van der Waals surface area contributed by atoms with Crippen molar-refractivity contribution in [3.8, 4) is 0 Å². The molecule has 2 amide bonds. The van der Waals surface area contributed by atoms with Crippen LogP contribution in [-0.2, 0) is 4.79 Å². The second kappa shape index (κ2) is 10.1. The molecule has 18 heavy (non-hydrogen) atoms. The maximum atomic E-state index is 11.8. The van der Waals surface area contributed by atoms with Crippen molar-refractivity contribution in [2.45, 2.75) is 39.2 Å². The van der Waals surface area contributed by atoms with E-state index in [0.717, 1.165) is 18.6 Å². The maximum absolute atomic E-state index is 11.8. The number of carboxylic acid groups (broad SMARTS) is 1. The average Bonchev–Trinajstić information content (AvgIpc) is 2.28. The van der Waals surface area contributed by atoms with Crippen molar-refractivity contribution < 1.29 is 14.7 Å². The smallest absolute Gasteiger partial charge is 0.317 e. The van der Waals surface area contributed by atoms with Crippen LogP contribution in [0.15, 0.2) is 0 Å². The Kier molecular flexibility index (Phi) is 9.55. The molecule has 0 heterocycles. The SMILES string of the molecule is CCN(C(=O)NCCCCSC)C(C)CC(=O)O. The van der Waals surface area contributed by atoms with Crippen LogP contribution in [0.2, 0.25) is 0 Å². The first-order chi connectivity index (χ1) is 8.52. The number of carbonyl (C=O) groups is 2. The third-order valence-electron chi connectivity index (χ3n) is 2.66. The number of hydrogen-bond acceptors (Lipinski definition) is 3. The molecule has 1 unspecified atom stereocenters. The number of nitrogens with zero attached hydrogens (tertiary/aromatic N) is 1. The molecule has 0 bridgehead atoms. The first-order valence-corrected chi connectivity index (χ1v) is 7.67. The van der Waals surface area contributed by atoms with Crippen molar-refractivity contribution in [2.75, 3.05) is 25.1 Å². The summed E-state index contributed by atoms with van der Waals surface area (Å²) in [7, 11) is 0. The molecule has 0 aromatic carbocycles. The van der Waals surface area contributed by atoms with E-state index in [9.17, 15) is 9.59 Å². The monoisotopic (exact) mass is 276 g/mol. The summed E-state index contributed by atoms with van der Waals surface area (Å²) in [5.74, 6) is 0.219. The number of amides is 2. The van der Waals surface area contributed by atoms with Gasteiger partial charge < -0.3 is 15.3 Å². The molecule has 0 fully saturated rings. The Morgan fingerprint density at radius 1 is 1.39 bits per heavy atom. The molecule has 0 aliphatic heterocycles. The van der Waals surface area contributed by atoms with E-state index < -0.39 is 5.97 Å². The van der Waals surface area contributed by atoms with Gasteiger partial charge in [0.1, 0.15) is 0 Å². The Bertz CT molecular complexity index is 262. The molecule has 106 valence electrons. The maximum Gasteiger partial charge on any atom is 0.317 e. The van der Waals surface area contributed by atoms with Gasteiger partial charge in [0, 0.05) is 19.1 Å². The molecule has 0 aliphatic carbocycles. The van der Waals surface area contributed by atoms with Gasteiger partial charge in [0.25, 0.3) is 0 Å². The van der Waals surface area contributed by atoms with Crippen LogP contribution in [0.3, 0.4) is 0 Å². The van der Waals surface area contributed by atoms with Crippen LogP contribution in [0.1, 0.15) is 33.1 Å². The lowest BCUT2D eigenvalue weighted by Crippen LogP contribution is -2.45. The molecule has 1 atom stereocenters. The lowest BCUT2D eigenvalue weighted by atomic mass is 10.2. The van der Waals surface area contributed by atoms with Crippen molar-refractivity contribution in [3.05, 3.63) is 0 Å². The molecule has 6 heteroatoms. The normalized spacial score (nSPS) is 11.9. The first kappa shape index (κ1) is 17.1. The molecule has 0 aromatic heterocycles. The minimum Gasteiger partial charge on any atom is -0.481 e. The molecule has 5 nitrogen and oxygen atoms in total. The highest BCUT2D eigenvalue weighted by Crippen LogP contribution is 2.04. The number of hydrogen-bond donors (Lipinski definition) is 2. The molecule has 0 saturated heterocycles. The zero-order valence-electron chi connectivity index (χ0n) is 11.4. The summed E-state index contributed by atoms with van der Waals surface area (Å²) in [6, 6.07) is -0.450. The Labute approximate surface area is 113 Å². The van der Waals surface area contributed by atoms with Crippen LogP contribution < -0.4 is 5.32 Å². The number of nitrogens with one attached hydrogen (secondary N) is 1. The summed E-state index contributed by atoms with van der Waals surface area (Å²) in [5.41, 5.74) is 0. The number of carbonyl (C=O) groups excluding carboxylic acids is 1. The number of unbranched alkanes of at least 4 members (excludes halogenated alkanes) is 1. The Morgan fingerprint density at radius 2 is 2.06 bits per heavy atom. The van der Waals surface area contributed by atoms with Gasteiger partial charge in [0.05, 0.1) is 6.42 Å². The number of aliphatic carboxylic acids is 1. The zero-order chi connectivity index (χ0) is 14.0. The van der Waals surface area contributed by atoms with Gasteiger partial charge in [-0.15, -0.1) is 0 Å².